The van der Waals surface area contributed by atoms with E-state index in [4.69, 9.17) is 5.11 Å². The summed E-state index contributed by atoms with van der Waals surface area (Å²) in [5.74, 6) is -4.61. The van der Waals surface area contributed by atoms with Crippen LogP contribution in [0.25, 0.3) is 10.8 Å². The lowest BCUT2D eigenvalue weighted by atomic mass is 10.0. The number of amides is 1. The van der Waals surface area contributed by atoms with Crippen LogP contribution < -0.4 is 5.32 Å². The molecule has 4 nitrogen and oxygen atoms in total. The van der Waals surface area contributed by atoms with Gasteiger partial charge in [0.2, 0.25) is 0 Å². The number of aryl methyl sites for hydroxylation is 1. The molecule has 2 N–H and O–H groups in total. The fourth-order valence-electron chi connectivity index (χ4n) is 2.68. The van der Waals surface area contributed by atoms with Crippen LogP contribution in [0.4, 0.5) is 14.5 Å². The molecule has 6 heteroatoms. The van der Waals surface area contributed by atoms with Crippen molar-refractivity contribution >= 4 is 28.3 Å². The van der Waals surface area contributed by atoms with Crippen molar-refractivity contribution in [2.45, 2.75) is 13.3 Å². The molecule has 0 radical (unpaired) electrons. The summed E-state index contributed by atoms with van der Waals surface area (Å²) < 4.78 is 26.7. The zero-order chi connectivity index (χ0) is 18.8. The predicted molar refractivity (Wildman–Crippen MR) is 94.6 cm³/mol. The second-order valence-corrected chi connectivity index (χ2v) is 5.82. The van der Waals surface area contributed by atoms with Crippen LogP contribution in [0.5, 0.6) is 0 Å². The molecule has 3 rings (SSSR count). The number of nitrogens with one attached hydrogen (secondary N) is 1. The number of halogens is 2. The molecule has 0 fully saturated rings. The second kappa shape index (κ2) is 6.92. The molecule has 0 atom stereocenters. The van der Waals surface area contributed by atoms with Gasteiger partial charge in [-0.15, -0.1) is 0 Å². The first-order valence-electron chi connectivity index (χ1n) is 7.95. The van der Waals surface area contributed by atoms with Crippen molar-refractivity contribution in [2.24, 2.45) is 0 Å². The van der Waals surface area contributed by atoms with Gasteiger partial charge in [-0.25, -0.2) is 13.6 Å². The molecular formula is C20H15F2NO3. The fourth-order valence-corrected chi connectivity index (χ4v) is 2.68. The summed E-state index contributed by atoms with van der Waals surface area (Å²) in [6, 6.07) is 12.1. The maximum Gasteiger partial charge on any atom is 0.337 e. The minimum atomic E-state index is -1.47. The molecule has 0 saturated heterocycles. The van der Waals surface area contributed by atoms with Gasteiger partial charge in [-0.2, -0.15) is 0 Å². The minimum absolute atomic E-state index is 0.280. The third kappa shape index (κ3) is 3.39. The van der Waals surface area contributed by atoms with E-state index in [1.165, 1.54) is 5.56 Å². The van der Waals surface area contributed by atoms with Crippen molar-refractivity contribution in [3.63, 3.8) is 0 Å². The van der Waals surface area contributed by atoms with E-state index in [1.807, 2.05) is 25.1 Å². The molecule has 0 aromatic heterocycles. The van der Waals surface area contributed by atoms with Crippen LogP contribution in [-0.4, -0.2) is 17.0 Å². The van der Waals surface area contributed by atoms with Crippen LogP contribution >= 0.6 is 0 Å². The summed E-state index contributed by atoms with van der Waals surface area (Å²) in [6.07, 6.45) is 0.895. The maximum atomic E-state index is 13.4. The van der Waals surface area contributed by atoms with Gasteiger partial charge in [0.15, 0.2) is 11.6 Å². The zero-order valence-electron chi connectivity index (χ0n) is 13.8. The largest absolute Gasteiger partial charge is 0.478 e. The molecule has 0 aliphatic heterocycles. The number of rotatable bonds is 4. The van der Waals surface area contributed by atoms with Crippen LogP contribution in [0.2, 0.25) is 0 Å². The molecule has 0 spiro atoms. The lowest BCUT2D eigenvalue weighted by Crippen LogP contribution is -2.15. The highest BCUT2D eigenvalue weighted by molar-refractivity contribution is 6.09. The van der Waals surface area contributed by atoms with Gasteiger partial charge in [0, 0.05) is 11.6 Å². The molecule has 0 aliphatic carbocycles. The van der Waals surface area contributed by atoms with E-state index < -0.39 is 29.1 Å². The Morgan fingerprint density at radius 2 is 1.62 bits per heavy atom. The maximum absolute atomic E-state index is 13.4. The van der Waals surface area contributed by atoms with E-state index in [2.05, 4.69) is 5.32 Å². The summed E-state index contributed by atoms with van der Waals surface area (Å²) in [6.45, 7) is 2.05. The van der Waals surface area contributed by atoms with Crippen molar-refractivity contribution in [1.82, 2.24) is 0 Å². The zero-order valence-corrected chi connectivity index (χ0v) is 13.8. The van der Waals surface area contributed by atoms with Crippen LogP contribution in [0.1, 0.15) is 33.2 Å². The van der Waals surface area contributed by atoms with Gasteiger partial charge in [-0.05, 0) is 41.0 Å². The van der Waals surface area contributed by atoms with Crippen molar-refractivity contribution in [1.29, 1.82) is 0 Å². The molecule has 132 valence electrons. The van der Waals surface area contributed by atoms with Crippen LogP contribution in [0, 0.1) is 11.6 Å². The lowest BCUT2D eigenvalue weighted by Gasteiger charge is -2.10. The lowest BCUT2D eigenvalue weighted by molar-refractivity contribution is 0.0697. The Bertz CT molecular complexity index is 1030. The van der Waals surface area contributed by atoms with Gasteiger partial charge < -0.3 is 10.4 Å². The van der Waals surface area contributed by atoms with E-state index in [9.17, 15) is 18.4 Å². The van der Waals surface area contributed by atoms with E-state index in [0.29, 0.717) is 12.1 Å². The monoisotopic (exact) mass is 355 g/mol. The third-order valence-corrected chi connectivity index (χ3v) is 4.11. The number of carboxylic acids is 1. The smallest absolute Gasteiger partial charge is 0.337 e. The highest BCUT2D eigenvalue weighted by atomic mass is 19.2. The molecule has 0 unspecified atom stereocenters. The first-order valence-corrected chi connectivity index (χ1v) is 7.95. The normalized spacial score (nSPS) is 10.7. The van der Waals surface area contributed by atoms with Crippen molar-refractivity contribution < 1.29 is 23.5 Å². The number of hydrogen-bond acceptors (Lipinski definition) is 2. The average Bonchev–Trinajstić information content (AvgIpc) is 2.63. The fraction of sp³-hybridized carbons (Fsp3) is 0.100. The number of aromatic carboxylic acids is 1. The van der Waals surface area contributed by atoms with Crippen molar-refractivity contribution in [3.05, 3.63) is 76.9 Å². The number of carboxylic acid groups (broad SMARTS) is 1. The SMILES string of the molecule is CCc1ccc2cc(C(=O)Nc3cc(F)c(F)cc3C(=O)O)ccc2c1. The number of anilines is 1. The summed E-state index contributed by atoms with van der Waals surface area (Å²) >= 11 is 0. The summed E-state index contributed by atoms with van der Waals surface area (Å²) in [7, 11) is 0. The Hall–Kier alpha value is -3.28. The number of carbonyl (C=O) groups excluding carboxylic acids is 1. The van der Waals surface area contributed by atoms with E-state index in [-0.39, 0.29) is 11.3 Å². The van der Waals surface area contributed by atoms with Gasteiger partial charge in [-0.1, -0.05) is 31.2 Å². The molecule has 0 bridgehead atoms. The molecule has 0 aliphatic rings. The Balaban J connectivity index is 1.94. The van der Waals surface area contributed by atoms with E-state index in [1.54, 1.807) is 18.2 Å². The first-order chi connectivity index (χ1) is 12.4. The van der Waals surface area contributed by atoms with Gasteiger partial charge in [0.1, 0.15) is 0 Å². The molecule has 1 amide bonds. The number of fused-ring (bicyclic) bond motifs is 1. The molecule has 0 heterocycles. The highest BCUT2D eigenvalue weighted by Gasteiger charge is 2.18. The van der Waals surface area contributed by atoms with Gasteiger partial charge in [-0.3, -0.25) is 4.79 Å². The number of carbonyl (C=O) groups is 2. The Morgan fingerprint density at radius 1 is 0.962 bits per heavy atom. The standard InChI is InChI=1S/C20H15F2NO3/c1-2-11-3-4-13-8-14(6-5-12(13)7-11)19(24)23-18-10-17(22)16(21)9-15(18)20(25)26/h3-10H,2H2,1H3,(H,23,24)(H,25,26). The summed E-state index contributed by atoms with van der Waals surface area (Å²) in [5.41, 5.74) is 0.624. The molecular weight excluding hydrogens is 340 g/mol. The van der Waals surface area contributed by atoms with Crippen molar-refractivity contribution in [2.75, 3.05) is 5.32 Å². The highest BCUT2D eigenvalue weighted by Crippen LogP contribution is 2.23. The van der Waals surface area contributed by atoms with Crippen LogP contribution in [0.3, 0.4) is 0 Å². The first kappa shape index (κ1) is 17.5. The molecule has 26 heavy (non-hydrogen) atoms. The van der Waals surface area contributed by atoms with E-state index >= 15 is 0 Å². The molecule has 3 aromatic carbocycles. The summed E-state index contributed by atoms with van der Waals surface area (Å²) in [4.78, 5) is 23.6. The minimum Gasteiger partial charge on any atom is -0.478 e. The average molecular weight is 355 g/mol. The quantitative estimate of drug-likeness (QED) is 0.717. The molecule has 3 aromatic rings. The predicted octanol–water partition coefficient (Wildman–Crippen LogP) is 4.63. The third-order valence-electron chi connectivity index (χ3n) is 4.11. The summed E-state index contributed by atoms with van der Waals surface area (Å²) in [5, 5.41) is 13.3. The van der Waals surface area contributed by atoms with Crippen LogP contribution in [-0.2, 0) is 6.42 Å². The van der Waals surface area contributed by atoms with Gasteiger partial charge in [0.05, 0.1) is 11.3 Å². The van der Waals surface area contributed by atoms with Gasteiger partial charge in [0.25, 0.3) is 5.91 Å². The van der Waals surface area contributed by atoms with Crippen molar-refractivity contribution in [3.8, 4) is 0 Å². The second-order valence-electron chi connectivity index (χ2n) is 5.82. The van der Waals surface area contributed by atoms with Gasteiger partial charge >= 0.3 is 5.97 Å². The van der Waals surface area contributed by atoms with E-state index in [0.717, 1.165) is 17.2 Å². The topological polar surface area (TPSA) is 66.4 Å². The molecule has 0 saturated carbocycles. The van der Waals surface area contributed by atoms with Crippen LogP contribution in [0.15, 0.2) is 48.5 Å². The Kier molecular flexibility index (Phi) is 4.67. The Morgan fingerprint density at radius 3 is 2.31 bits per heavy atom. The number of hydrogen-bond donors (Lipinski definition) is 2. The number of benzene rings is 3. The Labute approximate surface area is 148 Å².